The highest BCUT2D eigenvalue weighted by molar-refractivity contribution is 4.60. The molecule has 2 atom stereocenters. The van der Waals surface area contributed by atoms with Crippen molar-refractivity contribution in [1.82, 2.24) is 0 Å². The van der Waals surface area contributed by atoms with Gasteiger partial charge in [0.15, 0.2) is 0 Å². The summed E-state index contributed by atoms with van der Waals surface area (Å²) < 4.78 is -0.170. The molecule has 1 aliphatic heterocycles. The maximum Gasteiger partial charge on any atom is 0.0806 e. The van der Waals surface area contributed by atoms with E-state index in [2.05, 4.69) is 0 Å². The Kier molecular flexibility index (Phi) is 2.28. The minimum atomic E-state index is -0.228. The molecule has 1 saturated heterocycles. The molecule has 0 radical (unpaired) electrons. The van der Waals surface area contributed by atoms with E-state index >= 15 is 0 Å². The third-order valence-electron chi connectivity index (χ3n) is 2.10. The van der Waals surface area contributed by atoms with Crippen LogP contribution in [0.15, 0.2) is 0 Å². The summed E-state index contributed by atoms with van der Waals surface area (Å²) in [5.74, 6) is 0. The number of hydrogen-bond donors (Lipinski definition) is 1. The van der Waals surface area contributed by atoms with Gasteiger partial charge in [0.1, 0.15) is 0 Å². The fourth-order valence-electron chi connectivity index (χ4n) is 1.34. The monoisotopic (exact) mass is 145 g/mol. The quantitative estimate of drug-likeness (QED) is 0.398. The molecule has 0 aromatic heterocycles. The van der Waals surface area contributed by atoms with Gasteiger partial charge in [-0.05, 0) is 12.8 Å². The van der Waals surface area contributed by atoms with Gasteiger partial charge in [0.05, 0.1) is 26.2 Å². The molecule has 0 saturated carbocycles. The molecule has 3 heteroatoms. The Labute approximate surface area is 61.4 Å². The zero-order chi connectivity index (χ0) is 7.61. The normalized spacial score (nSPS) is 42.9. The summed E-state index contributed by atoms with van der Waals surface area (Å²) in [6.45, 7) is 1.23. The lowest BCUT2D eigenvalue weighted by atomic mass is 10.2. The van der Waals surface area contributed by atoms with E-state index < -0.39 is 0 Å². The SMILES string of the molecule is C[N+]1([O-])CCCC(O)CC1. The summed E-state index contributed by atoms with van der Waals surface area (Å²) in [4.78, 5) is 0. The van der Waals surface area contributed by atoms with Crippen LogP contribution in [0.2, 0.25) is 0 Å². The smallest absolute Gasteiger partial charge is 0.0806 e. The molecule has 60 valence electrons. The van der Waals surface area contributed by atoms with Crippen LogP contribution in [0, 0.1) is 5.21 Å². The predicted octanol–water partition coefficient (Wildman–Crippen LogP) is 0.476. The highest BCUT2D eigenvalue weighted by Gasteiger charge is 2.18. The van der Waals surface area contributed by atoms with E-state index in [1.807, 2.05) is 0 Å². The van der Waals surface area contributed by atoms with Gasteiger partial charge in [-0.15, -0.1) is 0 Å². The lowest BCUT2D eigenvalue weighted by Gasteiger charge is -2.37. The molecule has 2 unspecified atom stereocenters. The van der Waals surface area contributed by atoms with Crippen LogP contribution in [0.4, 0.5) is 0 Å². The Balaban J connectivity index is 2.41. The van der Waals surface area contributed by atoms with Crippen LogP contribution in [0.1, 0.15) is 19.3 Å². The second-order valence-electron chi connectivity index (χ2n) is 3.33. The van der Waals surface area contributed by atoms with Gasteiger partial charge in [0, 0.05) is 6.42 Å². The standard InChI is InChI=1S/C7H15NO2/c1-8(10)5-2-3-7(9)4-6-8/h7,9H,2-6H2,1H3. The van der Waals surface area contributed by atoms with Crippen LogP contribution in [-0.4, -0.2) is 36.0 Å². The Morgan fingerprint density at radius 2 is 2.10 bits per heavy atom. The summed E-state index contributed by atoms with van der Waals surface area (Å²) >= 11 is 0. The maximum atomic E-state index is 11.3. The number of aliphatic hydroxyl groups is 1. The van der Waals surface area contributed by atoms with Gasteiger partial charge in [0.25, 0.3) is 0 Å². The minimum absolute atomic E-state index is 0.170. The van der Waals surface area contributed by atoms with Crippen LogP contribution in [0.25, 0.3) is 0 Å². The number of aliphatic hydroxyl groups excluding tert-OH is 1. The molecular formula is C7H15NO2. The number of rotatable bonds is 0. The summed E-state index contributed by atoms with van der Waals surface area (Å²) in [6.07, 6.45) is 2.10. The van der Waals surface area contributed by atoms with E-state index in [1.165, 1.54) is 0 Å². The van der Waals surface area contributed by atoms with Crippen LogP contribution in [-0.2, 0) is 0 Å². The Morgan fingerprint density at radius 3 is 2.80 bits per heavy atom. The molecule has 0 bridgehead atoms. The number of nitrogens with zero attached hydrogens (tertiary/aromatic N) is 1. The van der Waals surface area contributed by atoms with Crippen LogP contribution >= 0.6 is 0 Å². The molecule has 1 rings (SSSR count). The Hall–Kier alpha value is -0.120. The average molecular weight is 145 g/mol. The number of hydroxylamine groups is 3. The zero-order valence-electron chi connectivity index (χ0n) is 6.42. The summed E-state index contributed by atoms with van der Waals surface area (Å²) in [5, 5.41) is 20.5. The largest absolute Gasteiger partial charge is 0.633 e. The van der Waals surface area contributed by atoms with E-state index in [4.69, 9.17) is 0 Å². The predicted molar refractivity (Wildman–Crippen MR) is 39.1 cm³/mol. The second-order valence-corrected chi connectivity index (χ2v) is 3.33. The average Bonchev–Trinajstić information content (AvgIpc) is 1.94. The summed E-state index contributed by atoms with van der Waals surface area (Å²) in [6, 6.07) is 0. The lowest BCUT2D eigenvalue weighted by molar-refractivity contribution is -0.859. The number of hydrogen-bond acceptors (Lipinski definition) is 2. The van der Waals surface area contributed by atoms with Crippen LogP contribution < -0.4 is 0 Å². The molecule has 1 heterocycles. The second kappa shape index (κ2) is 2.86. The van der Waals surface area contributed by atoms with Gasteiger partial charge in [-0.25, -0.2) is 0 Å². The van der Waals surface area contributed by atoms with Gasteiger partial charge in [-0.3, -0.25) is 0 Å². The molecule has 0 spiro atoms. The van der Waals surface area contributed by atoms with Crippen molar-refractivity contribution in [3.8, 4) is 0 Å². The number of likely N-dealkylation sites (tertiary alicyclic amines) is 1. The molecule has 1 fully saturated rings. The van der Waals surface area contributed by atoms with E-state index in [0.717, 1.165) is 12.8 Å². The Morgan fingerprint density at radius 1 is 1.40 bits per heavy atom. The van der Waals surface area contributed by atoms with Crippen molar-refractivity contribution in [2.45, 2.75) is 25.4 Å². The fraction of sp³-hybridized carbons (Fsp3) is 1.00. The molecule has 1 N–H and O–H groups in total. The van der Waals surface area contributed by atoms with Crippen molar-refractivity contribution < 1.29 is 9.75 Å². The van der Waals surface area contributed by atoms with Crippen molar-refractivity contribution in [2.24, 2.45) is 0 Å². The molecule has 10 heavy (non-hydrogen) atoms. The van der Waals surface area contributed by atoms with Crippen molar-refractivity contribution >= 4 is 0 Å². The van der Waals surface area contributed by atoms with Gasteiger partial charge in [-0.1, -0.05) is 0 Å². The zero-order valence-corrected chi connectivity index (χ0v) is 6.42. The molecule has 0 aliphatic carbocycles. The van der Waals surface area contributed by atoms with Crippen molar-refractivity contribution in [3.05, 3.63) is 5.21 Å². The maximum absolute atomic E-state index is 11.3. The third-order valence-corrected chi connectivity index (χ3v) is 2.10. The van der Waals surface area contributed by atoms with Crippen LogP contribution in [0.5, 0.6) is 0 Å². The van der Waals surface area contributed by atoms with Gasteiger partial charge < -0.3 is 15.0 Å². The van der Waals surface area contributed by atoms with Gasteiger partial charge in [-0.2, -0.15) is 0 Å². The van der Waals surface area contributed by atoms with E-state index in [-0.39, 0.29) is 10.8 Å². The van der Waals surface area contributed by atoms with E-state index in [0.29, 0.717) is 19.5 Å². The van der Waals surface area contributed by atoms with Crippen LogP contribution in [0.3, 0.4) is 0 Å². The Bertz CT molecular complexity index is 114. The molecular weight excluding hydrogens is 130 g/mol. The first kappa shape index (κ1) is 7.98. The third kappa shape index (κ3) is 2.25. The number of quaternary nitrogens is 1. The first-order chi connectivity index (χ1) is 4.60. The minimum Gasteiger partial charge on any atom is -0.633 e. The first-order valence-electron chi connectivity index (χ1n) is 3.84. The van der Waals surface area contributed by atoms with E-state index in [9.17, 15) is 10.3 Å². The van der Waals surface area contributed by atoms with Crippen molar-refractivity contribution in [1.29, 1.82) is 0 Å². The molecule has 0 amide bonds. The first-order valence-corrected chi connectivity index (χ1v) is 3.84. The van der Waals surface area contributed by atoms with Gasteiger partial charge in [0.2, 0.25) is 0 Å². The lowest BCUT2D eigenvalue weighted by Crippen LogP contribution is -2.38. The highest BCUT2D eigenvalue weighted by atomic mass is 16.5. The highest BCUT2D eigenvalue weighted by Crippen LogP contribution is 2.14. The topological polar surface area (TPSA) is 43.3 Å². The molecule has 3 nitrogen and oxygen atoms in total. The molecule has 1 aliphatic rings. The fourth-order valence-corrected chi connectivity index (χ4v) is 1.34. The van der Waals surface area contributed by atoms with Crippen molar-refractivity contribution in [3.63, 3.8) is 0 Å². The summed E-state index contributed by atoms with van der Waals surface area (Å²) in [7, 11) is 1.68. The molecule has 0 aromatic carbocycles. The summed E-state index contributed by atoms with van der Waals surface area (Å²) in [5.41, 5.74) is 0. The van der Waals surface area contributed by atoms with Gasteiger partial charge >= 0.3 is 0 Å². The molecule has 0 aromatic rings. The van der Waals surface area contributed by atoms with Crippen molar-refractivity contribution in [2.75, 3.05) is 20.1 Å². The van der Waals surface area contributed by atoms with E-state index in [1.54, 1.807) is 7.05 Å².